The maximum atomic E-state index is 6.79. The SMILES string of the molecule is c1ccc2c(c1)-c1ccccc1C21c2ccccc2-c2ccc(N(c3ccc(-c4ccc(-n5c6ccccc6n6c7ccccc7nc56)cc4)cc3)c3cccc4c3oc3ccccc34)cc21. The third-order valence-corrected chi connectivity index (χ3v) is 14.6. The third kappa shape index (κ3) is 4.89. The molecule has 0 radical (unpaired) electrons. The van der Waals surface area contributed by atoms with Crippen LogP contribution in [0.25, 0.3) is 88.9 Å². The van der Waals surface area contributed by atoms with E-state index < -0.39 is 5.41 Å². The van der Waals surface area contributed by atoms with Gasteiger partial charge in [-0.3, -0.25) is 8.97 Å². The lowest BCUT2D eigenvalue weighted by molar-refractivity contribution is 0.669. The highest BCUT2D eigenvalue weighted by Gasteiger charge is 2.51. The summed E-state index contributed by atoms with van der Waals surface area (Å²) in [5.41, 5.74) is 22.4. The summed E-state index contributed by atoms with van der Waals surface area (Å²) in [5.74, 6) is 0.904. The quantitative estimate of drug-likeness (QED) is 0.173. The Hall–Kier alpha value is -8.93. The molecule has 0 aliphatic heterocycles. The highest BCUT2D eigenvalue weighted by molar-refractivity contribution is 6.10. The van der Waals surface area contributed by atoms with Gasteiger partial charge in [-0.25, -0.2) is 4.98 Å². The van der Waals surface area contributed by atoms with E-state index in [2.05, 4.69) is 238 Å². The number of aromatic nitrogens is 3. The minimum absolute atomic E-state index is 0.466. The summed E-state index contributed by atoms with van der Waals surface area (Å²) in [6.07, 6.45) is 0. The molecule has 0 fully saturated rings. The molecule has 2 aliphatic rings. The second-order valence-corrected chi connectivity index (χ2v) is 17.9. The van der Waals surface area contributed by atoms with E-state index in [9.17, 15) is 0 Å². The second-order valence-electron chi connectivity index (χ2n) is 17.9. The highest BCUT2D eigenvalue weighted by Crippen LogP contribution is 2.63. The van der Waals surface area contributed by atoms with Crippen LogP contribution in [0.2, 0.25) is 0 Å². The van der Waals surface area contributed by atoms with Crippen LogP contribution >= 0.6 is 0 Å². The first-order chi connectivity index (χ1) is 33.2. The molecule has 15 rings (SSSR count). The zero-order valence-corrected chi connectivity index (χ0v) is 36.1. The molecule has 3 heterocycles. The third-order valence-electron chi connectivity index (χ3n) is 14.6. The summed E-state index contributed by atoms with van der Waals surface area (Å²) in [4.78, 5) is 7.49. The normalized spacial score (nSPS) is 13.2. The standard InChI is InChI=1S/C62H38N4O/c1-5-19-50-44(14-1)45-15-2-6-20-51(45)62(50)52-21-7-3-16-46(52)47-37-36-43(38-53(47)62)64(58-26-13-18-49-48-17-4-12-27-59(48)67-60(49)58)41-32-28-39(29-33-41)40-30-34-42(35-31-40)65-56-24-10-11-25-57(56)66-55-23-9-8-22-54(55)63-61(65)66/h1-38H. The van der Waals surface area contributed by atoms with E-state index in [0.717, 1.165) is 83.7 Å². The number of anilines is 3. The van der Waals surface area contributed by atoms with Crippen molar-refractivity contribution in [3.8, 4) is 39.1 Å². The molecule has 5 nitrogen and oxygen atoms in total. The molecule has 3 aromatic heterocycles. The molecule has 10 aromatic carbocycles. The first-order valence-electron chi connectivity index (χ1n) is 23.0. The van der Waals surface area contributed by atoms with Crippen molar-refractivity contribution in [1.29, 1.82) is 0 Å². The Balaban J connectivity index is 0.889. The molecule has 0 N–H and O–H groups in total. The predicted octanol–water partition coefficient (Wildman–Crippen LogP) is 15.8. The summed E-state index contributed by atoms with van der Waals surface area (Å²) in [5, 5.41) is 2.20. The van der Waals surface area contributed by atoms with Gasteiger partial charge in [0.05, 0.1) is 33.2 Å². The molecule has 0 amide bonds. The first kappa shape index (κ1) is 36.4. The molecule has 0 saturated heterocycles. The van der Waals surface area contributed by atoms with E-state index in [-0.39, 0.29) is 0 Å². The molecule has 13 aromatic rings. The fraction of sp³-hybridized carbons (Fsp3) is 0.0161. The van der Waals surface area contributed by atoms with Crippen molar-refractivity contribution in [1.82, 2.24) is 14.0 Å². The van der Waals surface area contributed by atoms with Crippen LogP contribution in [0.15, 0.2) is 235 Å². The summed E-state index contributed by atoms with van der Waals surface area (Å²) < 4.78 is 11.3. The monoisotopic (exact) mass is 854 g/mol. The zero-order chi connectivity index (χ0) is 43.8. The summed E-state index contributed by atoms with van der Waals surface area (Å²) >= 11 is 0. The van der Waals surface area contributed by atoms with Gasteiger partial charge in [0.25, 0.3) is 0 Å². The molecule has 2 aliphatic carbocycles. The molecule has 312 valence electrons. The van der Waals surface area contributed by atoms with Crippen LogP contribution in [0.1, 0.15) is 22.3 Å². The lowest BCUT2D eigenvalue weighted by Crippen LogP contribution is -2.26. The van der Waals surface area contributed by atoms with Gasteiger partial charge in [0.15, 0.2) is 5.58 Å². The predicted molar refractivity (Wildman–Crippen MR) is 273 cm³/mol. The lowest BCUT2D eigenvalue weighted by atomic mass is 9.70. The van der Waals surface area contributed by atoms with Gasteiger partial charge in [0.1, 0.15) is 5.58 Å². The van der Waals surface area contributed by atoms with Gasteiger partial charge >= 0.3 is 0 Å². The molecule has 5 heteroatoms. The number of rotatable bonds is 5. The fourth-order valence-corrected chi connectivity index (χ4v) is 11.8. The van der Waals surface area contributed by atoms with E-state index in [1.54, 1.807) is 0 Å². The van der Waals surface area contributed by atoms with Gasteiger partial charge in [0.2, 0.25) is 5.78 Å². The van der Waals surface area contributed by atoms with Crippen LogP contribution in [0.3, 0.4) is 0 Å². The van der Waals surface area contributed by atoms with Crippen molar-refractivity contribution >= 4 is 66.8 Å². The molecular weight excluding hydrogens is 817 g/mol. The van der Waals surface area contributed by atoms with Crippen molar-refractivity contribution in [2.75, 3.05) is 4.90 Å². The molecule has 0 atom stereocenters. The second kappa shape index (κ2) is 13.6. The molecule has 0 saturated carbocycles. The Labute approximate surface area is 385 Å². The van der Waals surface area contributed by atoms with Gasteiger partial charge in [0, 0.05) is 27.8 Å². The van der Waals surface area contributed by atoms with Crippen molar-refractivity contribution in [2.24, 2.45) is 0 Å². The van der Waals surface area contributed by atoms with Crippen LogP contribution < -0.4 is 4.90 Å². The lowest BCUT2D eigenvalue weighted by Gasteiger charge is -2.32. The highest BCUT2D eigenvalue weighted by atomic mass is 16.3. The average Bonchev–Trinajstić information content (AvgIpc) is 4.19. The number of nitrogens with zero attached hydrogens (tertiary/aromatic N) is 4. The minimum atomic E-state index is -0.466. The number of benzene rings is 10. The topological polar surface area (TPSA) is 38.6 Å². The van der Waals surface area contributed by atoms with Gasteiger partial charge in [-0.1, -0.05) is 158 Å². The number of hydrogen-bond donors (Lipinski definition) is 0. The van der Waals surface area contributed by atoms with E-state index in [0.29, 0.717) is 0 Å². The van der Waals surface area contributed by atoms with Gasteiger partial charge in [-0.15, -0.1) is 0 Å². The van der Waals surface area contributed by atoms with E-state index in [1.807, 2.05) is 6.07 Å². The smallest absolute Gasteiger partial charge is 0.220 e. The van der Waals surface area contributed by atoms with Crippen molar-refractivity contribution in [2.45, 2.75) is 5.41 Å². The van der Waals surface area contributed by atoms with Gasteiger partial charge in [-0.05, 0) is 128 Å². The number of furan rings is 1. The van der Waals surface area contributed by atoms with E-state index in [1.165, 1.54) is 44.5 Å². The van der Waals surface area contributed by atoms with Crippen LogP contribution in [0, 0.1) is 0 Å². The zero-order valence-electron chi connectivity index (χ0n) is 36.1. The Bertz CT molecular complexity index is 4110. The van der Waals surface area contributed by atoms with E-state index >= 15 is 0 Å². The van der Waals surface area contributed by atoms with Crippen LogP contribution in [0.5, 0.6) is 0 Å². The summed E-state index contributed by atoms with van der Waals surface area (Å²) in [6, 6.07) is 83.7. The summed E-state index contributed by atoms with van der Waals surface area (Å²) in [6.45, 7) is 0. The largest absolute Gasteiger partial charge is 0.454 e. The number of fused-ring (bicyclic) bond motifs is 18. The van der Waals surface area contributed by atoms with Crippen molar-refractivity contribution in [3.05, 3.63) is 253 Å². The maximum absolute atomic E-state index is 6.79. The van der Waals surface area contributed by atoms with Gasteiger partial charge in [-0.2, -0.15) is 0 Å². The Kier molecular flexibility index (Phi) is 7.36. The van der Waals surface area contributed by atoms with Crippen LogP contribution in [-0.2, 0) is 5.41 Å². The molecule has 0 unspecified atom stereocenters. The molecule has 67 heavy (non-hydrogen) atoms. The first-order valence-corrected chi connectivity index (χ1v) is 23.0. The van der Waals surface area contributed by atoms with Crippen molar-refractivity contribution in [3.63, 3.8) is 0 Å². The summed E-state index contributed by atoms with van der Waals surface area (Å²) in [7, 11) is 0. The van der Waals surface area contributed by atoms with Crippen molar-refractivity contribution < 1.29 is 4.42 Å². The minimum Gasteiger partial charge on any atom is -0.454 e. The fourth-order valence-electron chi connectivity index (χ4n) is 11.8. The van der Waals surface area contributed by atoms with E-state index in [4.69, 9.17) is 9.40 Å². The number of para-hydroxylation sites is 6. The Morgan fingerprint density at radius 1 is 0.418 bits per heavy atom. The molecule has 0 bridgehead atoms. The number of imidazole rings is 2. The van der Waals surface area contributed by atoms with Gasteiger partial charge < -0.3 is 9.32 Å². The number of hydrogen-bond acceptors (Lipinski definition) is 3. The average molecular weight is 855 g/mol. The maximum Gasteiger partial charge on any atom is 0.220 e. The molecule has 1 spiro atoms. The Morgan fingerprint density at radius 2 is 0.970 bits per heavy atom. The Morgan fingerprint density at radius 3 is 1.69 bits per heavy atom. The van der Waals surface area contributed by atoms with Crippen LogP contribution in [-0.4, -0.2) is 14.0 Å². The molecular formula is C62H38N4O. The van der Waals surface area contributed by atoms with Crippen LogP contribution in [0.4, 0.5) is 17.1 Å².